The van der Waals surface area contributed by atoms with Crippen molar-refractivity contribution >= 4 is 21.8 Å². The molecule has 0 aliphatic rings. The van der Waals surface area contributed by atoms with E-state index in [1.165, 1.54) is 0 Å². The Morgan fingerprint density at radius 3 is 2.81 bits per heavy atom. The fourth-order valence-electron chi connectivity index (χ4n) is 1.35. The summed E-state index contributed by atoms with van der Waals surface area (Å²) >= 11 is 3.48. The molecule has 0 aliphatic carbocycles. The van der Waals surface area contributed by atoms with Crippen molar-refractivity contribution in [3.8, 4) is 0 Å². The van der Waals surface area contributed by atoms with E-state index >= 15 is 0 Å². The first-order chi connectivity index (χ1) is 7.58. The number of hydrogen-bond acceptors (Lipinski definition) is 2. The molecule has 4 nitrogen and oxygen atoms in total. The summed E-state index contributed by atoms with van der Waals surface area (Å²) in [5, 5.41) is 7.12. The summed E-state index contributed by atoms with van der Waals surface area (Å²) in [6.07, 6.45) is 1.84. The lowest BCUT2D eigenvalue weighted by Crippen LogP contribution is -2.30. The van der Waals surface area contributed by atoms with E-state index in [1.54, 1.807) is 11.7 Å². The van der Waals surface area contributed by atoms with Gasteiger partial charge in [0, 0.05) is 18.4 Å². The number of carbonyl (C=O) groups is 1. The van der Waals surface area contributed by atoms with E-state index in [0.717, 1.165) is 18.5 Å². The zero-order valence-corrected chi connectivity index (χ0v) is 11.5. The number of aromatic nitrogens is 2. The first-order valence-corrected chi connectivity index (χ1v) is 6.45. The van der Waals surface area contributed by atoms with Gasteiger partial charge >= 0.3 is 0 Å². The van der Waals surface area contributed by atoms with Crippen LogP contribution < -0.4 is 5.32 Å². The minimum absolute atomic E-state index is 0.0624. The maximum atomic E-state index is 11.8. The van der Waals surface area contributed by atoms with E-state index in [0.29, 0.717) is 17.1 Å². The van der Waals surface area contributed by atoms with Gasteiger partial charge in [-0.2, -0.15) is 5.10 Å². The van der Waals surface area contributed by atoms with Gasteiger partial charge in [-0.1, -0.05) is 29.8 Å². The highest BCUT2D eigenvalue weighted by atomic mass is 79.9. The summed E-state index contributed by atoms with van der Waals surface area (Å²) in [4.78, 5) is 12.2. The maximum absolute atomic E-state index is 11.8. The normalized spacial score (nSPS) is 12.5. The topological polar surface area (TPSA) is 46.9 Å². The number of carbonyl (C=O) groups excluding carboxylic acids is 1. The van der Waals surface area contributed by atoms with Gasteiger partial charge in [0.05, 0.1) is 5.69 Å². The van der Waals surface area contributed by atoms with E-state index in [4.69, 9.17) is 0 Å². The predicted octanol–water partition coefficient (Wildman–Crippen LogP) is 1.89. The van der Waals surface area contributed by atoms with Crippen LogP contribution in [0, 0.1) is 0 Å². The third kappa shape index (κ3) is 3.33. The van der Waals surface area contributed by atoms with Crippen LogP contribution in [0.2, 0.25) is 0 Å². The van der Waals surface area contributed by atoms with Crippen LogP contribution in [0.15, 0.2) is 6.07 Å². The van der Waals surface area contributed by atoms with Crippen LogP contribution in [-0.2, 0) is 13.5 Å². The average molecular weight is 288 g/mol. The number of rotatable bonds is 5. The van der Waals surface area contributed by atoms with Gasteiger partial charge < -0.3 is 5.32 Å². The molecule has 16 heavy (non-hydrogen) atoms. The molecule has 1 rings (SSSR count). The fraction of sp³-hybridized carbons (Fsp3) is 0.636. The molecule has 90 valence electrons. The molecule has 1 N–H and O–H groups in total. The van der Waals surface area contributed by atoms with Gasteiger partial charge in [0.25, 0.3) is 5.91 Å². The predicted molar refractivity (Wildman–Crippen MR) is 67.9 cm³/mol. The van der Waals surface area contributed by atoms with Crippen molar-refractivity contribution < 1.29 is 4.79 Å². The SMILES string of the molecule is CCc1cc(C(=O)NCC(Br)CC)n(C)n1. The summed E-state index contributed by atoms with van der Waals surface area (Å²) < 4.78 is 1.63. The standard InChI is InChI=1S/C11H18BrN3O/c1-4-8(12)7-13-11(16)10-6-9(5-2)14-15(10)3/h6,8H,4-5,7H2,1-3H3,(H,13,16). The van der Waals surface area contributed by atoms with E-state index in [-0.39, 0.29) is 5.91 Å². The number of nitrogens with one attached hydrogen (secondary N) is 1. The molecule has 1 heterocycles. The molecule has 5 heteroatoms. The molecular weight excluding hydrogens is 270 g/mol. The highest BCUT2D eigenvalue weighted by Gasteiger charge is 2.13. The molecule has 0 aromatic carbocycles. The number of halogens is 1. The molecule has 0 aliphatic heterocycles. The number of aryl methyl sites for hydroxylation is 2. The zero-order valence-electron chi connectivity index (χ0n) is 9.96. The fourth-order valence-corrected chi connectivity index (χ4v) is 1.51. The Hall–Kier alpha value is -0.840. The molecule has 1 unspecified atom stereocenters. The van der Waals surface area contributed by atoms with Gasteiger partial charge in [-0.3, -0.25) is 9.48 Å². The first-order valence-electron chi connectivity index (χ1n) is 5.53. The van der Waals surface area contributed by atoms with Crippen LogP contribution >= 0.6 is 15.9 Å². The molecule has 0 bridgehead atoms. The Balaban J connectivity index is 2.62. The molecule has 1 aromatic rings. The average Bonchev–Trinajstić information content (AvgIpc) is 2.67. The quantitative estimate of drug-likeness (QED) is 0.841. The second-order valence-electron chi connectivity index (χ2n) is 3.71. The van der Waals surface area contributed by atoms with E-state index in [1.807, 2.05) is 13.0 Å². The van der Waals surface area contributed by atoms with Crippen molar-refractivity contribution in [2.45, 2.75) is 31.5 Å². The molecule has 0 saturated heterocycles. The van der Waals surface area contributed by atoms with E-state index in [2.05, 4.69) is 33.3 Å². The third-order valence-electron chi connectivity index (χ3n) is 2.45. The molecule has 1 aromatic heterocycles. The van der Waals surface area contributed by atoms with Crippen molar-refractivity contribution in [1.29, 1.82) is 0 Å². The summed E-state index contributed by atoms with van der Waals surface area (Å²) in [6.45, 7) is 4.74. The minimum atomic E-state index is -0.0624. The van der Waals surface area contributed by atoms with Crippen molar-refractivity contribution in [1.82, 2.24) is 15.1 Å². The van der Waals surface area contributed by atoms with Gasteiger partial charge in [-0.05, 0) is 18.9 Å². The van der Waals surface area contributed by atoms with Gasteiger partial charge in [-0.25, -0.2) is 0 Å². The smallest absolute Gasteiger partial charge is 0.269 e. The summed E-state index contributed by atoms with van der Waals surface area (Å²) in [5.41, 5.74) is 1.56. The number of nitrogens with zero attached hydrogens (tertiary/aromatic N) is 2. The van der Waals surface area contributed by atoms with Crippen molar-refractivity contribution in [3.63, 3.8) is 0 Å². The van der Waals surface area contributed by atoms with Crippen molar-refractivity contribution in [3.05, 3.63) is 17.5 Å². The Morgan fingerprint density at radius 1 is 1.62 bits per heavy atom. The third-order valence-corrected chi connectivity index (χ3v) is 3.42. The molecule has 0 spiro atoms. The largest absolute Gasteiger partial charge is 0.350 e. The van der Waals surface area contributed by atoms with Crippen LogP contribution in [0.3, 0.4) is 0 Å². The highest BCUT2D eigenvalue weighted by molar-refractivity contribution is 9.09. The summed E-state index contributed by atoms with van der Waals surface area (Å²) in [7, 11) is 1.79. The molecule has 0 fully saturated rings. The Morgan fingerprint density at radius 2 is 2.31 bits per heavy atom. The number of amides is 1. The maximum Gasteiger partial charge on any atom is 0.269 e. The van der Waals surface area contributed by atoms with Crippen LogP contribution in [0.1, 0.15) is 36.5 Å². The van der Waals surface area contributed by atoms with Gasteiger partial charge in [0.2, 0.25) is 0 Å². The lowest BCUT2D eigenvalue weighted by molar-refractivity contribution is 0.0944. The molecular formula is C11H18BrN3O. The second-order valence-corrected chi connectivity index (χ2v) is 5.01. The molecule has 1 amide bonds. The number of alkyl halides is 1. The van der Waals surface area contributed by atoms with E-state index in [9.17, 15) is 4.79 Å². The molecule has 0 radical (unpaired) electrons. The van der Waals surface area contributed by atoms with Crippen LogP contribution in [0.4, 0.5) is 0 Å². The number of hydrogen-bond donors (Lipinski definition) is 1. The summed E-state index contributed by atoms with van der Waals surface area (Å²) in [5.74, 6) is -0.0624. The zero-order chi connectivity index (χ0) is 12.1. The van der Waals surface area contributed by atoms with E-state index < -0.39 is 0 Å². The van der Waals surface area contributed by atoms with Gasteiger partial charge in [0.15, 0.2) is 0 Å². The van der Waals surface area contributed by atoms with Gasteiger partial charge in [-0.15, -0.1) is 0 Å². The van der Waals surface area contributed by atoms with Crippen molar-refractivity contribution in [2.24, 2.45) is 7.05 Å². The summed E-state index contributed by atoms with van der Waals surface area (Å²) in [6, 6.07) is 1.84. The van der Waals surface area contributed by atoms with Crippen molar-refractivity contribution in [2.75, 3.05) is 6.54 Å². The minimum Gasteiger partial charge on any atom is -0.350 e. The molecule has 1 atom stereocenters. The van der Waals surface area contributed by atoms with Crippen LogP contribution in [0.5, 0.6) is 0 Å². The lowest BCUT2D eigenvalue weighted by atomic mass is 10.3. The lowest BCUT2D eigenvalue weighted by Gasteiger charge is -2.08. The van der Waals surface area contributed by atoms with Gasteiger partial charge in [0.1, 0.15) is 5.69 Å². The Labute approximate surface area is 105 Å². The van der Waals surface area contributed by atoms with Crippen LogP contribution in [-0.4, -0.2) is 27.1 Å². The monoisotopic (exact) mass is 287 g/mol. The molecule has 0 saturated carbocycles. The van der Waals surface area contributed by atoms with Crippen LogP contribution in [0.25, 0.3) is 0 Å². The second kappa shape index (κ2) is 6.03. The highest BCUT2D eigenvalue weighted by Crippen LogP contribution is 2.05. The Kier molecular flexibility index (Phi) is 4.99. The first kappa shape index (κ1) is 13.2. The Bertz CT molecular complexity index is 362.